The Morgan fingerprint density at radius 3 is 1.96 bits per heavy atom. The van der Waals surface area contributed by atoms with Gasteiger partial charge in [0.25, 0.3) is 0 Å². The van der Waals surface area contributed by atoms with Crippen molar-refractivity contribution in [2.24, 2.45) is 4.99 Å². The number of hydrogen-bond acceptors (Lipinski definition) is 2. The second kappa shape index (κ2) is 7.40. The van der Waals surface area contributed by atoms with Gasteiger partial charge in [-0.1, -0.05) is 83.9 Å². The van der Waals surface area contributed by atoms with Crippen LogP contribution in [0.15, 0.2) is 77.9 Å². The van der Waals surface area contributed by atoms with Crippen LogP contribution in [0.2, 0.25) is 10.2 Å². The minimum absolute atomic E-state index is 0.311. The number of nitrogens with zero attached hydrogens (tertiary/aromatic N) is 2. The normalized spacial score (nSPS) is 10.3. The summed E-state index contributed by atoms with van der Waals surface area (Å²) in [5, 5.41) is 0.756. The SMILES string of the molecule is Clc1cc(CN=C(c2ccccc2)c2ccccc2)cnc1Cl. The first-order valence-corrected chi connectivity index (χ1v) is 7.95. The summed E-state index contributed by atoms with van der Waals surface area (Å²) < 4.78 is 0. The number of rotatable bonds is 4. The molecule has 1 heterocycles. The number of aromatic nitrogens is 1. The van der Waals surface area contributed by atoms with Crippen LogP contribution < -0.4 is 0 Å². The van der Waals surface area contributed by atoms with Gasteiger partial charge in [-0.2, -0.15) is 0 Å². The molecule has 0 unspecified atom stereocenters. The van der Waals surface area contributed by atoms with Crippen molar-refractivity contribution in [1.29, 1.82) is 0 Å². The molecule has 3 rings (SSSR count). The zero-order chi connectivity index (χ0) is 16.1. The topological polar surface area (TPSA) is 25.2 Å². The minimum atomic E-state index is 0.311. The van der Waals surface area contributed by atoms with E-state index in [0.29, 0.717) is 16.7 Å². The first-order valence-electron chi connectivity index (χ1n) is 7.19. The molecule has 0 atom stereocenters. The lowest BCUT2D eigenvalue weighted by molar-refractivity contribution is 1.05. The van der Waals surface area contributed by atoms with Gasteiger partial charge in [0.1, 0.15) is 5.15 Å². The fraction of sp³-hybridized carbons (Fsp3) is 0.0526. The van der Waals surface area contributed by atoms with Crippen molar-refractivity contribution in [3.05, 3.63) is 99.8 Å². The summed E-state index contributed by atoms with van der Waals surface area (Å²) in [6.07, 6.45) is 1.70. The van der Waals surface area contributed by atoms with Gasteiger partial charge in [-0.15, -0.1) is 0 Å². The lowest BCUT2D eigenvalue weighted by Gasteiger charge is -2.08. The smallest absolute Gasteiger partial charge is 0.147 e. The molecule has 3 aromatic rings. The zero-order valence-electron chi connectivity index (χ0n) is 12.3. The van der Waals surface area contributed by atoms with Gasteiger partial charge in [-0.3, -0.25) is 4.99 Å². The van der Waals surface area contributed by atoms with Crippen molar-refractivity contribution >= 4 is 28.9 Å². The number of halogens is 2. The van der Waals surface area contributed by atoms with Crippen molar-refractivity contribution < 1.29 is 0 Å². The van der Waals surface area contributed by atoms with Gasteiger partial charge < -0.3 is 0 Å². The quantitative estimate of drug-likeness (QED) is 0.459. The fourth-order valence-electron chi connectivity index (χ4n) is 2.26. The maximum Gasteiger partial charge on any atom is 0.147 e. The van der Waals surface area contributed by atoms with Crippen molar-refractivity contribution in [3.63, 3.8) is 0 Å². The van der Waals surface area contributed by atoms with Crippen LogP contribution in [0.3, 0.4) is 0 Å². The van der Waals surface area contributed by atoms with Gasteiger partial charge in [0.15, 0.2) is 0 Å². The molecule has 0 aliphatic carbocycles. The van der Waals surface area contributed by atoms with Crippen molar-refractivity contribution in [2.45, 2.75) is 6.54 Å². The fourth-order valence-corrected chi connectivity index (χ4v) is 2.55. The van der Waals surface area contributed by atoms with Crippen LogP contribution in [0.5, 0.6) is 0 Å². The summed E-state index contributed by atoms with van der Waals surface area (Å²) in [4.78, 5) is 8.85. The third kappa shape index (κ3) is 3.98. The summed E-state index contributed by atoms with van der Waals surface area (Å²) in [6.45, 7) is 0.489. The number of aliphatic imine (C=N–C) groups is 1. The standard InChI is InChI=1S/C19H14Cl2N2/c20-17-11-14(13-23-19(17)21)12-22-18(15-7-3-1-4-8-15)16-9-5-2-6-10-16/h1-11,13H,12H2. The third-order valence-electron chi connectivity index (χ3n) is 3.37. The van der Waals surface area contributed by atoms with Gasteiger partial charge in [0.2, 0.25) is 0 Å². The minimum Gasteiger partial charge on any atom is -0.279 e. The Labute approximate surface area is 145 Å². The van der Waals surface area contributed by atoms with E-state index in [9.17, 15) is 0 Å². The monoisotopic (exact) mass is 340 g/mol. The van der Waals surface area contributed by atoms with E-state index in [1.54, 1.807) is 12.3 Å². The highest BCUT2D eigenvalue weighted by atomic mass is 35.5. The molecule has 0 amide bonds. The second-order valence-corrected chi connectivity index (χ2v) is 5.78. The summed E-state index contributed by atoms with van der Waals surface area (Å²) >= 11 is 11.9. The molecule has 0 saturated carbocycles. The predicted molar refractivity (Wildman–Crippen MR) is 96.5 cm³/mol. The lowest BCUT2D eigenvalue weighted by Crippen LogP contribution is -2.04. The molecule has 0 N–H and O–H groups in total. The highest BCUT2D eigenvalue weighted by Gasteiger charge is 2.07. The molecular weight excluding hydrogens is 327 g/mol. The maximum atomic E-state index is 6.02. The van der Waals surface area contributed by atoms with E-state index in [4.69, 9.17) is 28.2 Å². The molecule has 114 valence electrons. The van der Waals surface area contributed by atoms with E-state index in [1.165, 1.54) is 0 Å². The molecular formula is C19H14Cl2N2. The van der Waals surface area contributed by atoms with Gasteiger partial charge in [0, 0.05) is 17.3 Å². The summed E-state index contributed by atoms with van der Waals surface area (Å²) in [6, 6.07) is 22.0. The van der Waals surface area contributed by atoms with E-state index >= 15 is 0 Å². The van der Waals surface area contributed by atoms with Crippen LogP contribution in [-0.4, -0.2) is 10.7 Å². The van der Waals surface area contributed by atoms with Crippen molar-refractivity contribution in [2.75, 3.05) is 0 Å². The molecule has 0 radical (unpaired) electrons. The van der Waals surface area contributed by atoms with Gasteiger partial charge in [-0.05, 0) is 11.6 Å². The first kappa shape index (κ1) is 15.7. The first-order chi connectivity index (χ1) is 11.2. The Balaban J connectivity index is 1.96. The van der Waals surface area contributed by atoms with E-state index in [0.717, 1.165) is 22.4 Å². The molecule has 1 aromatic heterocycles. The predicted octanol–water partition coefficient (Wildman–Crippen LogP) is 5.43. The second-order valence-electron chi connectivity index (χ2n) is 5.01. The Hall–Kier alpha value is -2.16. The molecule has 0 aliphatic heterocycles. The van der Waals surface area contributed by atoms with Crippen LogP contribution in [0.25, 0.3) is 0 Å². The van der Waals surface area contributed by atoms with Crippen LogP contribution >= 0.6 is 23.2 Å². The van der Waals surface area contributed by atoms with E-state index in [1.807, 2.05) is 36.4 Å². The van der Waals surface area contributed by atoms with E-state index < -0.39 is 0 Å². The Morgan fingerprint density at radius 1 is 0.870 bits per heavy atom. The largest absolute Gasteiger partial charge is 0.279 e. The van der Waals surface area contributed by atoms with Crippen LogP contribution in [0, 0.1) is 0 Å². The number of pyridine rings is 1. The molecule has 2 nitrogen and oxygen atoms in total. The highest BCUT2D eigenvalue weighted by Crippen LogP contribution is 2.20. The molecule has 23 heavy (non-hydrogen) atoms. The van der Waals surface area contributed by atoms with E-state index in [-0.39, 0.29) is 0 Å². The summed E-state index contributed by atoms with van der Waals surface area (Å²) in [7, 11) is 0. The molecule has 0 fully saturated rings. The Morgan fingerprint density at radius 2 is 1.43 bits per heavy atom. The summed E-state index contributed by atoms with van der Waals surface area (Å²) in [5.74, 6) is 0. The molecule has 0 bridgehead atoms. The third-order valence-corrected chi connectivity index (χ3v) is 4.05. The van der Waals surface area contributed by atoms with Crippen LogP contribution in [0.4, 0.5) is 0 Å². The van der Waals surface area contributed by atoms with E-state index in [2.05, 4.69) is 29.2 Å². The van der Waals surface area contributed by atoms with Gasteiger partial charge in [-0.25, -0.2) is 4.98 Å². The Bertz CT molecular complexity index is 774. The van der Waals surface area contributed by atoms with Gasteiger partial charge in [0.05, 0.1) is 17.3 Å². The Kier molecular flexibility index (Phi) is 5.06. The van der Waals surface area contributed by atoms with Gasteiger partial charge >= 0.3 is 0 Å². The molecule has 0 saturated heterocycles. The number of benzene rings is 2. The molecule has 4 heteroatoms. The van der Waals surface area contributed by atoms with Crippen molar-refractivity contribution in [1.82, 2.24) is 4.98 Å². The lowest BCUT2D eigenvalue weighted by atomic mass is 10.0. The maximum absolute atomic E-state index is 6.02. The van der Waals surface area contributed by atoms with Crippen molar-refractivity contribution in [3.8, 4) is 0 Å². The molecule has 0 aliphatic rings. The molecule has 0 spiro atoms. The highest BCUT2D eigenvalue weighted by molar-refractivity contribution is 6.41. The molecule has 2 aromatic carbocycles. The zero-order valence-corrected chi connectivity index (χ0v) is 13.8. The average Bonchev–Trinajstić information content (AvgIpc) is 2.60. The summed E-state index contributed by atoms with van der Waals surface area (Å²) in [5.41, 5.74) is 4.01. The number of hydrogen-bond donors (Lipinski definition) is 0. The van der Waals surface area contributed by atoms with Crippen LogP contribution in [-0.2, 0) is 6.54 Å². The average molecular weight is 341 g/mol. The van der Waals surface area contributed by atoms with Crippen LogP contribution in [0.1, 0.15) is 16.7 Å².